The van der Waals surface area contributed by atoms with Gasteiger partial charge in [0.1, 0.15) is 11.8 Å². The summed E-state index contributed by atoms with van der Waals surface area (Å²) in [6.07, 6.45) is -4.64. The fourth-order valence-corrected chi connectivity index (χ4v) is 8.16. The number of benzene rings is 1. The molecular formula is C23H17F3N2O5S3. The summed E-state index contributed by atoms with van der Waals surface area (Å²) in [5, 5.41) is 1.22. The van der Waals surface area contributed by atoms with Gasteiger partial charge in [0.2, 0.25) is 11.8 Å². The van der Waals surface area contributed by atoms with Crippen LogP contribution in [0.3, 0.4) is 0 Å². The van der Waals surface area contributed by atoms with Gasteiger partial charge in [0.25, 0.3) is 0 Å². The van der Waals surface area contributed by atoms with E-state index in [4.69, 9.17) is 4.74 Å². The van der Waals surface area contributed by atoms with Crippen molar-refractivity contribution in [3.8, 4) is 0 Å². The van der Waals surface area contributed by atoms with Crippen LogP contribution >= 0.6 is 34.4 Å². The molecule has 0 aliphatic carbocycles. The van der Waals surface area contributed by atoms with Crippen molar-refractivity contribution in [3.63, 3.8) is 0 Å². The number of fused-ring (bicyclic) bond motifs is 2. The standard InChI is InChI=1S/C23H17F3N2O5S3/c1-2-33-14(29)10-27-21-18(36-22(27)32)15(13-7-4-8-34-13)16-17(35-21)20(31)28(19(16)30)12-6-3-5-11(9-12)23(24,25)26/h3-9,15-17H,2,10H2,1H3. The number of nitrogens with zero attached hydrogens (tertiary/aromatic N) is 2. The molecule has 3 unspecified atom stereocenters. The van der Waals surface area contributed by atoms with Crippen LogP contribution in [0.1, 0.15) is 28.2 Å². The minimum absolute atomic E-state index is 0.133. The van der Waals surface area contributed by atoms with E-state index in [0.29, 0.717) is 9.90 Å². The predicted octanol–water partition coefficient (Wildman–Crippen LogP) is 4.35. The predicted molar refractivity (Wildman–Crippen MR) is 128 cm³/mol. The Hall–Kier alpha value is -2.90. The number of rotatable bonds is 5. The Morgan fingerprint density at radius 3 is 2.56 bits per heavy atom. The van der Waals surface area contributed by atoms with Crippen LogP contribution in [-0.2, 0) is 31.8 Å². The first-order valence-electron chi connectivity index (χ1n) is 10.8. The second-order valence-electron chi connectivity index (χ2n) is 8.05. The molecule has 3 aromatic rings. The first kappa shape index (κ1) is 24.8. The van der Waals surface area contributed by atoms with Crippen LogP contribution in [0, 0.1) is 5.92 Å². The normalized spacial score (nSPS) is 21.4. The average Bonchev–Trinajstić information content (AvgIpc) is 3.51. The minimum atomic E-state index is -4.64. The maximum Gasteiger partial charge on any atom is 0.416 e. The number of alkyl halides is 3. The van der Waals surface area contributed by atoms with E-state index >= 15 is 0 Å². The van der Waals surface area contributed by atoms with Gasteiger partial charge in [-0.1, -0.05) is 35.2 Å². The molecule has 0 saturated carbocycles. The number of thiophene rings is 1. The van der Waals surface area contributed by atoms with E-state index in [2.05, 4.69) is 0 Å². The first-order chi connectivity index (χ1) is 17.1. The van der Waals surface area contributed by atoms with Crippen molar-refractivity contribution in [2.75, 3.05) is 11.5 Å². The molecule has 2 aliphatic heterocycles. The van der Waals surface area contributed by atoms with Crippen LogP contribution < -0.4 is 9.77 Å². The quantitative estimate of drug-likeness (QED) is 0.345. The third kappa shape index (κ3) is 4.08. The van der Waals surface area contributed by atoms with E-state index in [-0.39, 0.29) is 18.8 Å². The number of carbonyl (C=O) groups excluding carboxylic acids is 3. The number of hydrogen-bond acceptors (Lipinski definition) is 8. The monoisotopic (exact) mass is 554 g/mol. The van der Waals surface area contributed by atoms with E-state index < -0.39 is 51.5 Å². The second-order valence-corrected chi connectivity index (χ2v) is 11.1. The lowest BCUT2D eigenvalue weighted by molar-refractivity contribution is -0.144. The zero-order valence-electron chi connectivity index (χ0n) is 18.5. The van der Waals surface area contributed by atoms with E-state index in [1.165, 1.54) is 22.0 Å². The number of ether oxygens (including phenoxy) is 1. The number of aromatic nitrogens is 1. The summed E-state index contributed by atoms with van der Waals surface area (Å²) in [6.45, 7) is 1.43. The lowest BCUT2D eigenvalue weighted by atomic mass is 9.87. The number of thioether (sulfide) groups is 1. The molecule has 0 N–H and O–H groups in total. The van der Waals surface area contributed by atoms with Crippen LogP contribution in [-0.4, -0.2) is 34.2 Å². The summed E-state index contributed by atoms with van der Waals surface area (Å²) in [5.41, 5.74) is -1.13. The number of carbonyl (C=O) groups is 3. The zero-order valence-corrected chi connectivity index (χ0v) is 20.9. The molecular weight excluding hydrogens is 537 g/mol. The maximum atomic E-state index is 13.6. The topological polar surface area (TPSA) is 85.7 Å². The number of hydrogen-bond donors (Lipinski definition) is 0. The maximum absolute atomic E-state index is 13.6. The van der Waals surface area contributed by atoms with Crippen molar-refractivity contribution in [1.29, 1.82) is 0 Å². The van der Waals surface area contributed by atoms with Crippen LogP contribution in [0.4, 0.5) is 18.9 Å². The summed E-state index contributed by atoms with van der Waals surface area (Å²) in [5.74, 6) is -3.48. The van der Waals surface area contributed by atoms with Gasteiger partial charge in [0.05, 0.1) is 28.8 Å². The van der Waals surface area contributed by atoms with Gasteiger partial charge in [-0.05, 0) is 36.6 Å². The largest absolute Gasteiger partial charge is 0.465 e. The van der Waals surface area contributed by atoms with Crippen molar-refractivity contribution in [1.82, 2.24) is 4.57 Å². The number of halogens is 3. The molecule has 0 radical (unpaired) electrons. The van der Waals surface area contributed by atoms with Gasteiger partial charge in [-0.25, -0.2) is 4.90 Å². The fourth-order valence-electron chi connectivity index (χ4n) is 4.44. The van der Waals surface area contributed by atoms with E-state index in [0.717, 1.165) is 51.1 Å². The molecule has 2 aliphatic rings. The average molecular weight is 555 g/mol. The summed E-state index contributed by atoms with van der Waals surface area (Å²) in [4.78, 5) is 53.8. The molecule has 1 aromatic carbocycles. The van der Waals surface area contributed by atoms with Crippen LogP contribution in [0.5, 0.6) is 0 Å². The highest BCUT2D eigenvalue weighted by atomic mass is 32.2. The Bertz CT molecular complexity index is 1410. The molecule has 36 heavy (non-hydrogen) atoms. The number of esters is 1. The molecule has 0 bridgehead atoms. The molecule has 188 valence electrons. The number of anilines is 1. The fraction of sp³-hybridized carbons (Fsp3) is 0.304. The molecule has 13 heteroatoms. The molecule has 1 fully saturated rings. The smallest absolute Gasteiger partial charge is 0.416 e. The summed E-state index contributed by atoms with van der Waals surface area (Å²) in [7, 11) is 0. The Labute approximate surface area is 214 Å². The molecule has 5 rings (SSSR count). The molecule has 3 atom stereocenters. The van der Waals surface area contributed by atoms with Gasteiger partial charge in [0, 0.05) is 15.7 Å². The third-order valence-corrected chi connectivity index (χ3v) is 9.48. The second kappa shape index (κ2) is 9.20. The number of imide groups is 1. The third-order valence-electron chi connectivity index (χ3n) is 5.92. The number of thiazole rings is 1. The van der Waals surface area contributed by atoms with Crippen LogP contribution in [0.25, 0.3) is 0 Å². The Morgan fingerprint density at radius 1 is 1.11 bits per heavy atom. The van der Waals surface area contributed by atoms with Gasteiger partial charge in [-0.2, -0.15) is 13.2 Å². The summed E-state index contributed by atoms with van der Waals surface area (Å²) >= 11 is 3.23. The molecule has 1 saturated heterocycles. The number of amides is 2. The van der Waals surface area contributed by atoms with Crippen molar-refractivity contribution in [2.45, 2.75) is 35.8 Å². The Balaban J connectivity index is 1.60. The zero-order chi connectivity index (χ0) is 25.8. The van der Waals surface area contributed by atoms with E-state index in [9.17, 15) is 32.3 Å². The van der Waals surface area contributed by atoms with Crippen LogP contribution in [0.2, 0.25) is 0 Å². The Kier molecular flexibility index (Phi) is 6.33. The van der Waals surface area contributed by atoms with Gasteiger partial charge in [-0.15, -0.1) is 11.3 Å². The highest BCUT2D eigenvalue weighted by molar-refractivity contribution is 8.00. The lowest BCUT2D eigenvalue weighted by Gasteiger charge is -2.29. The molecule has 2 aromatic heterocycles. The van der Waals surface area contributed by atoms with Crippen molar-refractivity contribution < 1.29 is 32.3 Å². The highest BCUT2D eigenvalue weighted by Crippen LogP contribution is 2.54. The highest BCUT2D eigenvalue weighted by Gasteiger charge is 2.57. The van der Waals surface area contributed by atoms with Gasteiger partial charge < -0.3 is 4.74 Å². The van der Waals surface area contributed by atoms with Gasteiger partial charge >= 0.3 is 17.0 Å². The van der Waals surface area contributed by atoms with E-state index in [1.54, 1.807) is 24.4 Å². The lowest BCUT2D eigenvalue weighted by Crippen LogP contribution is -2.32. The van der Waals surface area contributed by atoms with Crippen molar-refractivity contribution in [2.24, 2.45) is 5.92 Å². The van der Waals surface area contributed by atoms with Gasteiger partial charge in [0.15, 0.2) is 0 Å². The minimum Gasteiger partial charge on any atom is -0.465 e. The van der Waals surface area contributed by atoms with Gasteiger partial charge in [-0.3, -0.25) is 23.7 Å². The summed E-state index contributed by atoms with van der Waals surface area (Å²) < 4.78 is 46.2. The SMILES string of the molecule is CCOC(=O)Cn1c2c(sc1=O)C(c1cccs1)C1C(=O)N(c3cccc(C(F)(F)F)c3)C(=O)C1S2. The first-order valence-corrected chi connectivity index (χ1v) is 13.3. The van der Waals surface area contributed by atoms with Crippen LogP contribution in [0.15, 0.2) is 51.6 Å². The molecule has 7 nitrogen and oxygen atoms in total. The Morgan fingerprint density at radius 2 is 1.89 bits per heavy atom. The van der Waals surface area contributed by atoms with E-state index in [1.807, 2.05) is 0 Å². The molecule has 0 spiro atoms. The summed E-state index contributed by atoms with van der Waals surface area (Å²) in [6, 6.07) is 7.66. The van der Waals surface area contributed by atoms with Crippen molar-refractivity contribution in [3.05, 3.63) is 66.8 Å². The molecule has 4 heterocycles. The molecule has 2 amide bonds. The van der Waals surface area contributed by atoms with Crippen molar-refractivity contribution >= 4 is 57.9 Å².